The number of hydrogen-bond donors (Lipinski definition) is 0. The van der Waals surface area contributed by atoms with E-state index in [1.165, 1.54) is 60.1 Å². The average Bonchev–Trinajstić information content (AvgIpc) is 3.55. The monoisotopic (exact) mass is 714 g/mol. The topological polar surface area (TPSA) is 0 Å². The Morgan fingerprint density at radius 1 is 0.595 bits per heavy atom. The minimum Gasteiger partial charge on any atom is -0.343 e. The molecule has 0 aromatic heterocycles. The molecule has 5 aromatic rings. The molecule has 0 aliphatic carbocycles. The van der Waals surface area contributed by atoms with Crippen molar-refractivity contribution in [2.75, 3.05) is 0 Å². The molecule has 0 aliphatic heterocycles. The van der Waals surface area contributed by atoms with Crippen LogP contribution in [0.25, 0.3) is 21.5 Å². The van der Waals surface area contributed by atoms with Gasteiger partial charge in [-0.05, 0) is 0 Å². The summed E-state index contributed by atoms with van der Waals surface area (Å²) in [5.41, 5.74) is 0. The molecule has 0 bridgehead atoms. The van der Waals surface area contributed by atoms with Crippen molar-refractivity contribution < 1.29 is 25.8 Å². The van der Waals surface area contributed by atoms with Gasteiger partial charge in [-0.15, -0.1) is 84.1 Å². The van der Waals surface area contributed by atoms with Crippen LogP contribution in [-0.4, -0.2) is 10.2 Å². The van der Waals surface area contributed by atoms with E-state index in [1.54, 1.807) is 0 Å². The molecule has 0 saturated carbocycles. The van der Waals surface area contributed by atoms with Crippen molar-refractivity contribution in [1.29, 1.82) is 0 Å². The number of hydrogen-bond acceptors (Lipinski definition) is 0. The van der Waals surface area contributed by atoms with Crippen LogP contribution in [0.4, 0.5) is 0 Å². The number of halogens is 2. The fraction of sp³-hybridized carbons (Fsp3) is 0.242. The maximum atomic E-state index is 3.80. The Hall–Kier alpha value is -1.45. The van der Waals surface area contributed by atoms with Crippen LogP contribution in [0, 0.1) is 6.92 Å². The van der Waals surface area contributed by atoms with Gasteiger partial charge in [0.15, 0.2) is 0 Å². The quantitative estimate of drug-likeness (QED) is 0.0934. The average molecular weight is 714 g/mol. The van der Waals surface area contributed by atoms with Crippen LogP contribution in [0.3, 0.4) is 0 Å². The van der Waals surface area contributed by atoms with E-state index in [9.17, 15) is 0 Å². The molecule has 0 N–H and O–H groups in total. The molecule has 0 spiro atoms. The number of rotatable bonds is 6. The Labute approximate surface area is 260 Å². The molecule has 0 aliphatic rings. The third-order valence-electron chi connectivity index (χ3n) is 5.47. The maximum absolute atomic E-state index is 3.80. The van der Waals surface area contributed by atoms with Crippen LogP contribution in [0.2, 0.25) is 0 Å². The molecule has 0 atom stereocenters. The summed E-state index contributed by atoms with van der Waals surface area (Å²) in [6.45, 7) is 6.05. The second-order valence-corrected chi connectivity index (χ2v) is 8.87. The summed E-state index contributed by atoms with van der Waals surface area (Å²) in [7, 11) is 3.36. The maximum Gasteiger partial charge on any atom is 0.0711 e. The Morgan fingerprint density at radius 2 is 1.03 bits per heavy atom. The van der Waals surface area contributed by atoms with E-state index in [0.717, 1.165) is 11.6 Å². The van der Waals surface area contributed by atoms with Gasteiger partial charge in [-0.1, -0.05) is 93.1 Å². The van der Waals surface area contributed by atoms with Crippen LogP contribution < -0.4 is 5.19 Å². The minimum absolute atomic E-state index is 0. The molecule has 0 nitrogen and oxygen atoms in total. The second kappa shape index (κ2) is 24.9. The molecule has 0 heterocycles. The standard InChI is InChI=1S/2C9H7.C9H19.C6H5Si.2ClH.Hf/c2*1-2-5-9-7-3-6-8(9)4-1;1-3-5-7-9-8-6-4-2;7-6-4-2-1-3-5-6;;;/h2*1-7H;1,3-9H2,2H3;1-5H;2*1H;/q3*-1;;;;. The number of benzene rings is 3. The summed E-state index contributed by atoms with van der Waals surface area (Å²) in [5.74, 6) is 0. The van der Waals surface area contributed by atoms with Gasteiger partial charge in [0.25, 0.3) is 0 Å². The molecule has 0 saturated heterocycles. The van der Waals surface area contributed by atoms with E-state index >= 15 is 0 Å². The van der Waals surface area contributed by atoms with Gasteiger partial charge >= 0.3 is 0 Å². The van der Waals surface area contributed by atoms with E-state index in [0.29, 0.717) is 0 Å². The predicted octanol–water partition coefficient (Wildman–Crippen LogP) is 10.0. The van der Waals surface area contributed by atoms with E-state index in [4.69, 9.17) is 0 Å². The van der Waals surface area contributed by atoms with Gasteiger partial charge in [0, 0.05) is 25.8 Å². The molecular formula is C33H40Cl2HfSi-3. The van der Waals surface area contributed by atoms with Gasteiger partial charge in [-0.2, -0.15) is 41.5 Å². The predicted molar refractivity (Wildman–Crippen MR) is 169 cm³/mol. The first-order valence-corrected chi connectivity index (χ1v) is 13.0. The van der Waals surface area contributed by atoms with Crippen molar-refractivity contribution >= 4 is 61.8 Å². The third kappa shape index (κ3) is 16.9. The van der Waals surface area contributed by atoms with Crippen LogP contribution >= 0.6 is 24.8 Å². The van der Waals surface area contributed by atoms with Crippen molar-refractivity contribution in [3.8, 4) is 0 Å². The Kier molecular flexibility index (Phi) is 25.3. The summed E-state index contributed by atoms with van der Waals surface area (Å²) >= 11 is 0. The molecule has 0 fully saturated rings. The van der Waals surface area contributed by atoms with E-state index in [1.807, 2.05) is 30.3 Å². The normalized spacial score (nSPS) is 9.05. The first-order chi connectivity index (χ1) is 16.7. The Morgan fingerprint density at radius 3 is 1.43 bits per heavy atom. The van der Waals surface area contributed by atoms with E-state index in [-0.39, 0.29) is 50.7 Å². The molecule has 37 heavy (non-hydrogen) atoms. The minimum atomic E-state index is 0. The first-order valence-electron chi connectivity index (χ1n) is 12.5. The van der Waals surface area contributed by atoms with Crippen molar-refractivity contribution in [2.24, 2.45) is 0 Å². The molecule has 3 radical (unpaired) electrons. The molecule has 4 heteroatoms. The number of fused-ring (bicyclic) bond motifs is 2. The summed E-state index contributed by atoms with van der Waals surface area (Å²) in [4.78, 5) is 0. The molecule has 5 rings (SSSR count). The van der Waals surface area contributed by atoms with Crippen LogP contribution in [0.15, 0.2) is 115 Å². The smallest absolute Gasteiger partial charge is 0.0711 e. The van der Waals surface area contributed by atoms with Gasteiger partial charge < -0.3 is 6.92 Å². The van der Waals surface area contributed by atoms with Crippen molar-refractivity contribution in [3.63, 3.8) is 0 Å². The second-order valence-electron chi connectivity index (χ2n) is 8.30. The Balaban J connectivity index is 0. The van der Waals surface area contributed by atoms with Crippen molar-refractivity contribution in [2.45, 2.75) is 51.9 Å². The molecule has 197 valence electrons. The van der Waals surface area contributed by atoms with E-state index in [2.05, 4.69) is 109 Å². The SMILES string of the molecule is Cl.Cl.[CH2-]CCCCCCCC.[Hf].[Si]c1ccccc1.c1ccc2[cH-]ccc2c1.c1ccc2[cH-]ccc2c1. The van der Waals surface area contributed by atoms with E-state index < -0.39 is 0 Å². The van der Waals surface area contributed by atoms with Gasteiger partial charge in [-0.3, -0.25) is 0 Å². The Bertz CT molecular complexity index is 1000. The third-order valence-corrected chi connectivity index (χ3v) is 5.81. The molecular weight excluding hydrogens is 674 g/mol. The molecule has 0 amide bonds. The fourth-order valence-electron chi connectivity index (χ4n) is 3.54. The number of unbranched alkanes of at least 4 members (excludes halogenated alkanes) is 6. The van der Waals surface area contributed by atoms with Gasteiger partial charge in [0.2, 0.25) is 0 Å². The van der Waals surface area contributed by atoms with Crippen LogP contribution in [-0.2, 0) is 25.8 Å². The summed E-state index contributed by atoms with van der Waals surface area (Å²) in [6, 6.07) is 39.3. The van der Waals surface area contributed by atoms with Crippen LogP contribution in [0.1, 0.15) is 51.9 Å². The zero-order valence-corrected chi connectivity index (χ0v) is 28.2. The van der Waals surface area contributed by atoms with Gasteiger partial charge in [-0.25, -0.2) is 0 Å². The largest absolute Gasteiger partial charge is 0.343 e. The molecule has 5 aromatic carbocycles. The first kappa shape index (κ1) is 37.7. The van der Waals surface area contributed by atoms with Crippen LogP contribution in [0.5, 0.6) is 0 Å². The summed E-state index contributed by atoms with van der Waals surface area (Å²) in [6.07, 6.45) is 9.45. The zero-order valence-electron chi connectivity index (χ0n) is 21.9. The fourth-order valence-corrected chi connectivity index (χ4v) is 3.73. The van der Waals surface area contributed by atoms with Crippen molar-refractivity contribution in [3.05, 3.63) is 122 Å². The summed E-state index contributed by atoms with van der Waals surface area (Å²) in [5, 5.41) is 6.45. The molecule has 0 unspecified atom stereocenters. The van der Waals surface area contributed by atoms with Gasteiger partial charge in [0.1, 0.15) is 0 Å². The van der Waals surface area contributed by atoms with Gasteiger partial charge in [0.05, 0.1) is 10.2 Å². The summed E-state index contributed by atoms with van der Waals surface area (Å²) < 4.78 is 0. The zero-order chi connectivity index (χ0) is 24.3. The van der Waals surface area contributed by atoms with Crippen molar-refractivity contribution in [1.82, 2.24) is 0 Å².